The molecule has 28 heavy (non-hydrogen) atoms. The van der Waals surface area contributed by atoms with Gasteiger partial charge >= 0.3 is 0 Å². The minimum Gasteiger partial charge on any atom is -0.456 e. The fourth-order valence-electron chi connectivity index (χ4n) is 2.07. The van der Waals surface area contributed by atoms with Gasteiger partial charge in [0.15, 0.2) is 0 Å². The number of halogens is 1. The quantitative estimate of drug-likeness (QED) is 0.410. The van der Waals surface area contributed by atoms with Crippen molar-refractivity contribution in [2.45, 2.75) is 62.3 Å². The molecule has 2 N–H and O–H groups in total. The summed E-state index contributed by atoms with van der Waals surface area (Å²) in [6, 6.07) is 9.34. The molecule has 0 atom stereocenters. The van der Waals surface area contributed by atoms with E-state index in [1.165, 1.54) is 0 Å². The first kappa shape index (κ1) is 26.0. The third-order valence-electron chi connectivity index (χ3n) is 3.15. The molecule has 0 aliphatic heterocycles. The van der Waals surface area contributed by atoms with Crippen LogP contribution in [0, 0.1) is 25.7 Å². The molecular formula is C24H37ClN2O. The number of rotatable bonds is 4. The van der Waals surface area contributed by atoms with Crippen LogP contribution in [0.15, 0.2) is 35.3 Å². The Morgan fingerprint density at radius 1 is 0.964 bits per heavy atom. The summed E-state index contributed by atoms with van der Waals surface area (Å²) < 4.78 is 5.92. The Balaban J connectivity index is 0.00000108. The minimum absolute atomic E-state index is 0.423. The zero-order chi connectivity index (χ0) is 21.9. The summed E-state index contributed by atoms with van der Waals surface area (Å²) in [6.45, 7) is 18.6. The first-order valence-corrected chi connectivity index (χ1v) is 10.4. The van der Waals surface area contributed by atoms with Gasteiger partial charge in [-0.2, -0.15) is 0 Å². The van der Waals surface area contributed by atoms with E-state index in [9.17, 15) is 0 Å². The fraction of sp³-hybridized carbons (Fsp3) is 0.458. The van der Waals surface area contributed by atoms with Crippen molar-refractivity contribution in [3.8, 4) is 11.5 Å². The molecule has 0 heterocycles. The summed E-state index contributed by atoms with van der Waals surface area (Å²) in [5.41, 5.74) is 9.30. The van der Waals surface area contributed by atoms with Crippen molar-refractivity contribution in [3.05, 3.63) is 46.5 Å². The maximum Gasteiger partial charge on any atom is 0.149 e. The van der Waals surface area contributed by atoms with Gasteiger partial charge in [-0.15, -0.1) is 0 Å². The van der Waals surface area contributed by atoms with E-state index in [2.05, 4.69) is 39.6 Å². The Bertz CT molecular complexity index is 727. The summed E-state index contributed by atoms with van der Waals surface area (Å²) in [4.78, 5) is 4.48. The Labute approximate surface area is 177 Å². The van der Waals surface area contributed by atoms with Gasteiger partial charge in [0.2, 0.25) is 0 Å². The average molecular weight is 405 g/mol. The van der Waals surface area contributed by atoms with Crippen molar-refractivity contribution < 1.29 is 4.74 Å². The van der Waals surface area contributed by atoms with Crippen LogP contribution in [-0.4, -0.2) is 6.21 Å². The third kappa shape index (κ3) is 9.80. The lowest BCUT2D eigenvalue weighted by molar-refractivity contribution is 0.479. The molecule has 0 saturated heterocycles. The number of anilines is 1. The molecule has 2 rings (SSSR count). The van der Waals surface area contributed by atoms with Crippen molar-refractivity contribution >= 4 is 29.2 Å². The maximum atomic E-state index is 6.21. The van der Waals surface area contributed by atoms with E-state index >= 15 is 0 Å². The molecule has 0 saturated carbocycles. The van der Waals surface area contributed by atoms with Crippen molar-refractivity contribution in [2.24, 2.45) is 16.8 Å². The van der Waals surface area contributed by atoms with Gasteiger partial charge in [0.05, 0.1) is 10.7 Å². The van der Waals surface area contributed by atoms with Crippen LogP contribution >= 0.6 is 11.6 Å². The highest BCUT2D eigenvalue weighted by atomic mass is 35.5. The second-order valence-electron chi connectivity index (χ2n) is 7.45. The topological polar surface area (TPSA) is 47.6 Å². The van der Waals surface area contributed by atoms with Gasteiger partial charge in [-0.05, 0) is 67.1 Å². The number of hydrogen-bond acceptors (Lipinski definition) is 3. The van der Waals surface area contributed by atoms with Crippen molar-refractivity contribution in [1.82, 2.24) is 0 Å². The summed E-state index contributed by atoms with van der Waals surface area (Å²) >= 11 is 6.21. The number of nitrogen functional groups attached to an aromatic ring is 1. The minimum atomic E-state index is 0.423. The highest BCUT2D eigenvalue weighted by Gasteiger charge is 2.09. The van der Waals surface area contributed by atoms with Crippen LogP contribution in [0.1, 0.15) is 59.6 Å². The zero-order valence-corrected chi connectivity index (χ0v) is 19.7. The molecule has 0 amide bonds. The lowest BCUT2D eigenvalue weighted by Crippen LogP contribution is -1.93. The lowest BCUT2D eigenvalue weighted by atomic mass is 10.1. The molecule has 3 nitrogen and oxygen atoms in total. The Morgan fingerprint density at radius 2 is 1.54 bits per heavy atom. The standard InChI is InChI=1S/C18H21ClN2O.C4H10.C2H6/c1-11(2)10-21-17-6-5-15(8-12(17)3)22-18-13(4)7-14(20)9-16(18)19;1-4(2)3;1-2/h5-11H,20H2,1-4H3;4H,1-3H3;1-2H3. The second kappa shape index (κ2) is 13.2. The molecule has 0 fully saturated rings. The van der Waals surface area contributed by atoms with Gasteiger partial charge in [0, 0.05) is 11.9 Å². The Morgan fingerprint density at radius 3 is 2.00 bits per heavy atom. The molecule has 0 aliphatic rings. The normalized spacial score (nSPS) is 10.4. The second-order valence-corrected chi connectivity index (χ2v) is 7.86. The first-order valence-electron chi connectivity index (χ1n) is 9.98. The smallest absolute Gasteiger partial charge is 0.149 e. The van der Waals surface area contributed by atoms with Gasteiger partial charge in [0.25, 0.3) is 0 Å². The predicted octanol–water partition coefficient (Wildman–Crippen LogP) is 8.38. The molecule has 0 radical (unpaired) electrons. The molecule has 4 heteroatoms. The number of aliphatic imine (C=N–C) groups is 1. The number of ether oxygens (including phenoxy) is 1. The van der Waals surface area contributed by atoms with Crippen molar-refractivity contribution in [2.75, 3.05) is 5.73 Å². The van der Waals surface area contributed by atoms with Crippen LogP contribution in [-0.2, 0) is 0 Å². The van der Waals surface area contributed by atoms with Crippen LogP contribution in [0.3, 0.4) is 0 Å². The molecule has 0 aromatic heterocycles. The van der Waals surface area contributed by atoms with Crippen LogP contribution in [0.5, 0.6) is 11.5 Å². The molecule has 2 aromatic carbocycles. The average Bonchev–Trinajstić information content (AvgIpc) is 2.58. The number of hydrogen-bond donors (Lipinski definition) is 1. The number of nitrogens with two attached hydrogens (primary N) is 1. The number of aryl methyl sites for hydroxylation is 2. The Hall–Kier alpha value is -2.00. The zero-order valence-electron chi connectivity index (χ0n) is 18.9. The molecule has 0 spiro atoms. The lowest BCUT2D eigenvalue weighted by Gasteiger charge is -2.12. The SMILES string of the molecule is CC.CC(C)C.Cc1cc(Oc2c(C)cc(N)cc2Cl)ccc1N=CC(C)C. The first-order chi connectivity index (χ1) is 13.1. The van der Waals surface area contributed by atoms with Crippen LogP contribution in [0.4, 0.5) is 11.4 Å². The molecule has 156 valence electrons. The van der Waals surface area contributed by atoms with Gasteiger partial charge < -0.3 is 10.5 Å². The highest BCUT2D eigenvalue weighted by Crippen LogP contribution is 2.35. The molecule has 0 aliphatic carbocycles. The van der Waals surface area contributed by atoms with Crippen LogP contribution < -0.4 is 10.5 Å². The monoisotopic (exact) mass is 404 g/mol. The Kier molecular flexibility index (Phi) is 12.3. The number of nitrogens with zero attached hydrogens (tertiary/aromatic N) is 1. The van der Waals surface area contributed by atoms with Gasteiger partial charge in [0.1, 0.15) is 11.5 Å². The summed E-state index contributed by atoms with van der Waals surface area (Å²) in [7, 11) is 0. The highest BCUT2D eigenvalue weighted by molar-refractivity contribution is 6.32. The summed E-state index contributed by atoms with van der Waals surface area (Å²) in [5, 5.41) is 0.511. The van der Waals surface area contributed by atoms with Gasteiger partial charge in [-0.3, -0.25) is 4.99 Å². The van der Waals surface area contributed by atoms with Crippen LogP contribution in [0.2, 0.25) is 5.02 Å². The van der Waals surface area contributed by atoms with E-state index in [1.54, 1.807) is 6.07 Å². The van der Waals surface area contributed by atoms with Crippen molar-refractivity contribution in [1.29, 1.82) is 0 Å². The van der Waals surface area contributed by atoms with Crippen molar-refractivity contribution in [3.63, 3.8) is 0 Å². The van der Waals surface area contributed by atoms with E-state index in [4.69, 9.17) is 22.1 Å². The maximum absolute atomic E-state index is 6.21. The van der Waals surface area contributed by atoms with E-state index in [1.807, 2.05) is 58.2 Å². The molecule has 0 bridgehead atoms. The van der Waals surface area contributed by atoms with E-state index in [0.717, 1.165) is 28.5 Å². The number of benzene rings is 2. The van der Waals surface area contributed by atoms with Gasteiger partial charge in [-0.1, -0.05) is 60.1 Å². The summed E-state index contributed by atoms with van der Waals surface area (Å²) in [6.07, 6.45) is 1.93. The predicted molar refractivity (Wildman–Crippen MR) is 127 cm³/mol. The van der Waals surface area contributed by atoms with E-state index in [-0.39, 0.29) is 0 Å². The molecule has 2 aromatic rings. The molecule has 0 unspecified atom stereocenters. The van der Waals surface area contributed by atoms with Crippen LogP contribution in [0.25, 0.3) is 0 Å². The van der Waals surface area contributed by atoms with E-state index < -0.39 is 0 Å². The molecular weight excluding hydrogens is 368 g/mol. The third-order valence-corrected chi connectivity index (χ3v) is 3.43. The van der Waals surface area contributed by atoms with Gasteiger partial charge in [-0.25, -0.2) is 0 Å². The summed E-state index contributed by atoms with van der Waals surface area (Å²) in [5.74, 6) is 2.62. The fourth-order valence-corrected chi connectivity index (χ4v) is 2.38. The largest absolute Gasteiger partial charge is 0.456 e. The van der Waals surface area contributed by atoms with E-state index in [0.29, 0.717) is 22.4 Å².